The average Bonchev–Trinajstić information content (AvgIpc) is 2.85. The van der Waals surface area contributed by atoms with Gasteiger partial charge in [0.25, 0.3) is 0 Å². The molecule has 0 fully saturated rings. The number of aromatic hydroxyl groups is 2. The maximum atomic E-state index is 11.5. The van der Waals surface area contributed by atoms with Crippen molar-refractivity contribution in [2.24, 2.45) is 0 Å². The van der Waals surface area contributed by atoms with Crippen molar-refractivity contribution < 1.29 is 29.3 Å². The van der Waals surface area contributed by atoms with Crippen molar-refractivity contribution in [1.29, 1.82) is 0 Å². The number of hydrogen-bond acceptors (Lipinski definition) is 6. The molecule has 0 aliphatic carbocycles. The Bertz CT molecular complexity index is 1040. The Morgan fingerprint density at radius 3 is 1.33 bits per heavy atom. The summed E-state index contributed by atoms with van der Waals surface area (Å²) in [5, 5.41) is 22.7. The standard InChI is InChI=1S/C33H48O6/c1-9-28(34)38-15-11-13-22-17-24(30(36)26(19-22)32(3,4)5)21-25-18-23(14-12-16-39-29(35)10-2)20-27(31(25)37)33(6,7)8/h17-20,36-37H,9-16,21H2,1-8H3. The molecule has 0 aromatic heterocycles. The van der Waals surface area contributed by atoms with E-state index in [-0.39, 0.29) is 34.3 Å². The second kappa shape index (κ2) is 13.9. The third kappa shape index (κ3) is 9.59. The highest BCUT2D eigenvalue weighted by Gasteiger charge is 2.25. The van der Waals surface area contributed by atoms with E-state index in [9.17, 15) is 19.8 Å². The van der Waals surface area contributed by atoms with Gasteiger partial charge in [0.15, 0.2) is 0 Å². The smallest absolute Gasteiger partial charge is 0.305 e. The van der Waals surface area contributed by atoms with Gasteiger partial charge >= 0.3 is 11.9 Å². The van der Waals surface area contributed by atoms with E-state index in [4.69, 9.17) is 9.47 Å². The second-order valence-corrected chi connectivity index (χ2v) is 12.3. The van der Waals surface area contributed by atoms with Crippen molar-refractivity contribution in [3.05, 3.63) is 57.6 Å². The minimum Gasteiger partial charge on any atom is -0.507 e. The van der Waals surface area contributed by atoms with Crippen LogP contribution in [0, 0.1) is 0 Å². The zero-order chi connectivity index (χ0) is 29.4. The van der Waals surface area contributed by atoms with Gasteiger partial charge in [0.1, 0.15) is 11.5 Å². The third-order valence-electron chi connectivity index (χ3n) is 6.82. The van der Waals surface area contributed by atoms with E-state index < -0.39 is 0 Å². The van der Waals surface area contributed by atoms with E-state index in [0.29, 0.717) is 58.2 Å². The highest BCUT2D eigenvalue weighted by molar-refractivity contribution is 5.69. The zero-order valence-electron chi connectivity index (χ0n) is 25.2. The first kappa shape index (κ1) is 32.2. The predicted molar refractivity (Wildman–Crippen MR) is 156 cm³/mol. The monoisotopic (exact) mass is 540 g/mol. The van der Waals surface area contributed by atoms with Crippen LogP contribution in [0.5, 0.6) is 11.5 Å². The molecule has 0 saturated heterocycles. The van der Waals surface area contributed by atoms with Gasteiger partial charge in [-0.2, -0.15) is 0 Å². The van der Waals surface area contributed by atoms with Crippen molar-refractivity contribution >= 4 is 11.9 Å². The van der Waals surface area contributed by atoms with Crippen LogP contribution in [0.25, 0.3) is 0 Å². The first-order valence-electron chi connectivity index (χ1n) is 14.2. The zero-order valence-corrected chi connectivity index (χ0v) is 25.2. The molecule has 0 spiro atoms. The number of phenolic OH excluding ortho intramolecular Hbond substituents is 2. The summed E-state index contributed by atoms with van der Waals surface area (Å²) in [5.41, 5.74) is 4.78. The van der Waals surface area contributed by atoms with E-state index in [0.717, 1.165) is 33.4 Å². The minimum absolute atomic E-state index is 0.203. The largest absolute Gasteiger partial charge is 0.507 e. The first-order valence-corrected chi connectivity index (χ1v) is 14.2. The van der Waals surface area contributed by atoms with Crippen LogP contribution < -0.4 is 0 Å². The fourth-order valence-electron chi connectivity index (χ4n) is 4.56. The van der Waals surface area contributed by atoms with Gasteiger partial charge in [0.05, 0.1) is 13.2 Å². The molecule has 0 amide bonds. The molecule has 0 heterocycles. The Kier molecular flexibility index (Phi) is 11.4. The number of ether oxygens (including phenoxy) is 2. The second-order valence-electron chi connectivity index (χ2n) is 12.3. The van der Waals surface area contributed by atoms with Gasteiger partial charge in [-0.3, -0.25) is 9.59 Å². The third-order valence-corrected chi connectivity index (χ3v) is 6.82. The molecule has 0 atom stereocenters. The predicted octanol–water partition coefficient (Wildman–Crippen LogP) is 7.06. The lowest BCUT2D eigenvalue weighted by molar-refractivity contribution is -0.144. The number of aryl methyl sites for hydroxylation is 2. The maximum absolute atomic E-state index is 11.5. The molecule has 2 aromatic rings. The number of rotatable bonds is 12. The number of benzene rings is 2. The highest BCUT2D eigenvalue weighted by atomic mass is 16.5. The Balaban J connectivity index is 2.42. The van der Waals surface area contributed by atoms with Crippen LogP contribution in [-0.2, 0) is 49.2 Å². The molecule has 2 rings (SSSR count). The fraction of sp³-hybridized carbons (Fsp3) is 0.576. The van der Waals surface area contributed by atoms with Crippen LogP contribution in [0.4, 0.5) is 0 Å². The number of phenols is 2. The molecule has 0 aliphatic heterocycles. The fourth-order valence-corrected chi connectivity index (χ4v) is 4.56. The summed E-state index contributed by atoms with van der Waals surface area (Å²) in [7, 11) is 0. The van der Waals surface area contributed by atoms with E-state index in [1.165, 1.54) is 0 Å². The topological polar surface area (TPSA) is 93.1 Å². The summed E-state index contributed by atoms with van der Waals surface area (Å²) in [6.07, 6.45) is 3.91. The molecule has 0 bridgehead atoms. The number of hydrogen-bond donors (Lipinski definition) is 2. The van der Waals surface area contributed by atoms with Crippen molar-refractivity contribution in [3.63, 3.8) is 0 Å². The van der Waals surface area contributed by atoms with Crippen molar-refractivity contribution in [2.45, 2.75) is 111 Å². The van der Waals surface area contributed by atoms with E-state index in [1.54, 1.807) is 13.8 Å². The summed E-state index contributed by atoms with van der Waals surface area (Å²) in [4.78, 5) is 23.0. The van der Waals surface area contributed by atoms with Gasteiger partial charge in [-0.25, -0.2) is 0 Å². The summed E-state index contributed by atoms with van der Waals surface area (Å²) < 4.78 is 10.5. The van der Waals surface area contributed by atoms with Crippen LogP contribution in [0.3, 0.4) is 0 Å². The highest BCUT2D eigenvalue weighted by Crippen LogP contribution is 2.39. The lowest BCUT2D eigenvalue weighted by Gasteiger charge is -2.25. The van der Waals surface area contributed by atoms with E-state index in [1.807, 2.05) is 24.3 Å². The van der Waals surface area contributed by atoms with Crippen LogP contribution in [0.15, 0.2) is 24.3 Å². The Morgan fingerprint density at radius 2 is 1.03 bits per heavy atom. The molecule has 0 radical (unpaired) electrons. The lowest BCUT2D eigenvalue weighted by atomic mass is 9.81. The molecule has 6 heteroatoms. The number of carbonyl (C=O) groups is 2. The van der Waals surface area contributed by atoms with Gasteiger partial charge < -0.3 is 19.7 Å². The SMILES string of the molecule is CCC(=O)OCCCc1cc(Cc2cc(CCCOC(=O)CC)cc(C(C)(C)C)c2O)c(O)c(C(C)(C)C)c1. The molecule has 2 aromatic carbocycles. The average molecular weight is 541 g/mol. The summed E-state index contributed by atoms with van der Waals surface area (Å²) >= 11 is 0. The summed E-state index contributed by atoms with van der Waals surface area (Å²) in [5.74, 6) is 0.0881. The Hall–Kier alpha value is -3.02. The first-order chi connectivity index (χ1) is 18.2. The molecule has 6 nitrogen and oxygen atoms in total. The van der Waals surface area contributed by atoms with Crippen molar-refractivity contribution in [2.75, 3.05) is 13.2 Å². The minimum atomic E-state index is -0.278. The maximum Gasteiger partial charge on any atom is 0.305 e. The molecule has 39 heavy (non-hydrogen) atoms. The molecular weight excluding hydrogens is 492 g/mol. The van der Waals surface area contributed by atoms with Gasteiger partial charge in [0.2, 0.25) is 0 Å². The van der Waals surface area contributed by atoms with Gasteiger partial charge in [0, 0.05) is 19.3 Å². The summed E-state index contributed by atoms with van der Waals surface area (Å²) in [6, 6.07) is 8.07. The van der Waals surface area contributed by atoms with E-state index >= 15 is 0 Å². The van der Waals surface area contributed by atoms with Crippen molar-refractivity contribution in [1.82, 2.24) is 0 Å². The molecule has 0 saturated carbocycles. The van der Waals surface area contributed by atoms with Gasteiger partial charge in [-0.05, 0) is 69.9 Å². The Labute approximate surface area is 234 Å². The normalized spacial score (nSPS) is 11.9. The Morgan fingerprint density at radius 1 is 0.667 bits per heavy atom. The molecule has 216 valence electrons. The molecule has 2 N–H and O–H groups in total. The molecule has 0 unspecified atom stereocenters. The summed E-state index contributed by atoms with van der Waals surface area (Å²) in [6.45, 7) is 16.7. The van der Waals surface area contributed by atoms with Gasteiger partial charge in [-0.15, -0.1) is 0 Å². The van der Waals surface area contributed by atoms with E-state index in [2.05, 4.69) is 41.5 Å². The molecular formula is C33H48O6. The number of carbonyl (C=O) groups excluding carboxylic acids is 2. The van der Waals surface area contributed by atoms with Crippen molar-refractivity contribution in [3.8, 4) is 11.5 Å². The van der Waals surface area contributed by atoms with Crippen LogP contribution in [0.2, 0.25) is 0 Å². The lowest BCUT2D eigenvalue weighted by Crippen LogP contribution is -2.14. The quantitative estimate of drug-likeness (QED) is 0.221. The van der Waals surface area contributed by atoms with Crippen LogP contribution >= 0.6 is 0 Å². The van der Waals surface area contributed by atoms with Gasteiger partial charge in [-0.1, -0.05) is 79.7 Å². The van der Waals surface area contributed by atoms with Crippen LogP contribution in [0.1, 0.15) is 114 Å². The number of esters is 2. The molecule has 0 aliphatic rings. The van der Waals surface area contributed by atoms with Crippen LogP contribution in [-0.4, -0.2) is 35.4 Å².